The van der Waals surface area contributed by atoms with E-state index in [1.165, 1.54) is 44.1 Å². The number of nitrogens with two attached hydrogens (primary N) is 1. The fourth-order valence-electron chi connectivity index (χ4n) is 3.72. The molecule has 0 radical (unpaired) electrons. The molecule has 2 aliphatic rings. The van der Waals surface area contributed by atoms with Gasteiger partial charge in [-0.1, -0.05) is 38.8 Å². The van der Waals surface area contributed by atoms with Crippen molar-refractivity contribution < 1.29 is 4.74 Å². The summed E-state index contributed by atoms with van der Waals surface area (Å²) < 4.78 is 5.83. The average Bonchev–Trinajstić information content (AvgIpc) is 3.27. The molecule has 2 saturated carbocycles. The maximum absolute atomic E-state index is 5.90. The smallest absolute Gasteiger partial charge is 0.119 e. The molecule has 3 N–H and O–H groups in total. The molecule has 3 rings (SSSR count). The minimum atomic E-state index is 0.232. The maximum atomic E-state index is 5.90. The molecule has 2 atom stereocenters. The lowest BCUT2D eigenvalue weighted by Gasteiger charge is -2.43. The highest BCUT2D eigenvalue weighted by Gasteiger charge is 2.37. The molecule has 2 aliphatic carbocycles. The number of hydrogen-bond donors (Lipinski definition) is 2. The third kappa shape index (κ3) is 3.41. The lowest BCUT2D eigenvalue weighted by molar-refractivity contribution is 0.0982. The zero-order valence-electron chi connectivity index (χ0n) is 13.3. The Morgan fingerprint density at radius 3 is 2.43 bits per heavy atom. The zero-order chi connectivity index (χ0) is 14.9. The third-order valence-electron chi connectivity index (χ3n) is 5.24. The molecule has 2 unspecified atom stereocenters. The van der Waals surface area contributed by atoms with Gasteiger partial charge in [-0.3, -0.25) is 11.3 Å². The van der Waals surface area contributed by atoms with Crippen LogP contribution in [0.5, 0.6) is 5.75 Å². The third-order valence-corrected chi connectivity index (χ3v) is 5.24. The van der Waals surface area contributed by atoms with Gasteiger partial charge in [-0.2, -0.15) is 0 Å². The van der Waals surface area contributed by atoms with Crippen LogP contribution in [0.15, 0.2) is 24.3 Å². The number of rotatable bonds is 5. The van der Waals surface area contributed by atoms with Gasteiger partial charge in [0, 0.05) is 6.04 Å². The van der Waals surface area contributed by atoms with E-state index in [-0.39, 0.29) is 6.04 Å². The van der Waals surface area contributed by atoms with Crippen molar-refractivity contribution in [1.29, 1.82) is 0 Å². The first-order valence-corrected chi connectivity index (χ1v) is 8.33. The second-order valence-electron chi connectivity index (χ2n) is 7.37. The van der Waals surface area contributed by atoms with Gasteiger partial charge in [0.2, 0.25) is 0 Å². The minimum absolute atomic E-state index is 0.232. The van der Waals surface area contributed by atoms with Crippen molar-refractivity contribution in [3.8, 4) is 5.75 Å². The van der Waals surface area contributed by atoms with Crippen LogP contribution in [0.25, 0.3) is 0 Å². The fraction of sp³-hybridized carbons (Fsp3) is 0.667. The van der Waals surface area contributed by atoms with E-state index >= 15 is 0 Å². The predicted molar refractivity (Wildman–Crippen MR) is 85.9 cm³/mol. The van der Waals surface area contributed by atoms with Crippen molar-refractivity contribution in [2.24, 2.45) is 17.2 Å². The van der Waals surface area contributed by atoms with Crippen LogP contribution in [0, 0.1) is 11.3 Å². The Bertz CT molecular complexity index is 465. The number of ether oxygens (including phenoxy) is 1. The Morgan fingerprint density at radius 2 is 1.86 bits per heavy atom. The molecule has 0 spiro atoms. The van der Waals surface area contributed by atoms with Crippen LogP contribution in [-0.2, 0) is 0 Å². The number of hydrogen-bond acceptors (Lipinski definition) is 3. The Morgan fingerprint density at radius 1 is 1.14 bits per heavy atom. The van der Waals surface area contributed by atoms with Crippen molar-refractivity contribution in [3.05, 3.63) is 29.8 Å². The van der Waals surface area contributed by atoms with Gasteiger partial charge >= 0.3 is 0 Å². The number of hydrazine groups is 1. The summed E-state index contributed by atoms with van der Waals surface area (Å²) in [5.74, 6) is 7.48. The SMILES string of the molecule is CC1(C)CCCCC1C(NN)c1ccc(OC2CC2)cc1. The van der Waals surface area contributed by atoms with Crippen LogP contribution >= 0.6 is 0 Å². The van der Waals surface area contributed by atoms with Gasteiger partial charge in [-0.25, -0.2) is 0 Å². The van der Waals surface area contributed by atoms with Crippen LogP contribution in [-0.4, -0.2) is 6.10 Å². The molecule has 1 aromatic carbocycles. The number of nitrogens with one attached hydrogen (secondary N) is 1. The van der Waals surface area contributed by atoms with E-state index in [1.807, 2.05) is 0 Å². The van der Waals surface area contributed by atoms with Gasteiger partial charge in [0.15, 0.2) is 0 Å². The second-order valence-corrected chi connectivity index (χ2v) is 7.37. The highest BCUT2D eigenvalue weighted by molar-refractivity contribution is 5.30. The topological polar surface area (TPSA) is 47.3 Å². The van der Waals surface area contributed by atoms with Crippen molar-refractivity contribution in [3.63, 3.8) is 0 Å². The first-order valence-electron chi connectivity index (χ1n) is 8.33. The van der Waals surface area contributed by atoms with Gasteiger partial charge in [-0.15, -0.1) is 0 Å². The normalized spacial score (nSPS) is 26.3. The van der Waals surface area contributed by atoms with E-state index in [0.717, 1.165) is 5.75 Å². The van der Waals surface area contributed by atoms with Crippen molar-refractivity contribution in [2.75, 3.05) is 0 Å². The van der Waals surface area contributed by atoms with Crippen LogP contribution in [0.2, 0.25) is 0 Å². The summed E-state index contributed by atoms with van der Waals surface area (Å²) in [7, 11) is 0. The molecular formula is C18H28N2O. The molecule has 0 amide bonds. The van der Waals surface area contributed by atoms with Crippen LogP contribution < -0.4 is 16.0 Å². The van der Waals surface area contributed by atoms with Gasteiger partial charge in [0.1, 0.15) is 5.75 Å². The summed E-state index contributed by atoms with van der Waals surface area (Å²) in [4.78, 5) is 0. The molecule has 0 aliphatic heterocycles. The lowest BCUT2D eigenvalue weighted by Crippen LogP contribution is -2.41. The quantitative estimate of drug-likeness (QED) is 0.637. The molecule has 116 valence electrons. The Kier molecular flexibility index (Phi) is 4.23. The van der Waals surface area contributed by atoms with Crippen molar-refractivity contribution >= 4 is 0 Å². The van der Waals surface area contributed by atoms with Crippen LogP contribution in [0.3, 0.4) is 0 Å². The van der Waals surface area contributed by atoms with Crippen LogP contribution in [0.4, 0.5) is 0 Å². The highest BCUT2D eigenvalue weighted by Crippen LogP contribution is 2.46. The first-order chi connectivity index (χ1) is 10.1. The van der Waals surface area contributed by atoms with Crippen molar-refractivity contribution in [2.45, 2.75) is 64.5 Å². The van der Waals surface area contributed by atoms with E-state index in [1.54, 1.807) is 0 Å². The minimum Gasteiger partial charge on any atom is -0.490 e. The maximum Gasteiger partial charge on any atom is 0.119 e. The standard InChI is InChI=1S/C18H28N2O/c1-18(2)12-4-3-5-16(18)17(20-19)13-6-8-14(9-7-13)21-15-10-11-15/h6-9,15-17,20H,3-5,10-12,19H2,1-2H3. The van der Waals surface area contributed by atoms with Crippen molar-refractivity contribution in [1.82, 2.24) is 5.43 Å². The molecular weight excluding hydrogens is 260 g/mol. The summed E-state index contributed by atoms with van der Waals surface area (Å²) in [6, 6.07) is 8.76. The average molecular weight is 288 g/mol. The Hall–Kier alpha value is -1.06. The second kappa shape index (κ2) is 5.98. The molecule has 0 saturated heterocycles. The van der Waals surface area contributed by atoms with E-state index in [0.29, 0.717) is 17.4 Å². The van der Waals surface area contributed by atoms with Gasteiger partial charge in [0.05, 0.1) is 6.10 Å². The Balaban J connectivity index is 1.75. The van der Waals surface area contributed by atoms with Gasteiger partial charge < -0.3 is 4.74 Å². The molecule has 3 heteroatoms. The highest BCUT2D eigenvalue weighted by atomic mass is 16.5. The summed E-state index contributed by atoms with van der Waals surface area (Å²) in [6.45, 7) is 4.76. The van der Waals surface area contributed by atoms with Gasteiger partial charge in [0.25, 0.3) is 0 Å². The molecule has 2 fully saturated rings. The van der Waals surface area contributed by atoms with E-state index in [9.17, 15) is 0 Å². The van der Waals surface area contributed by atoms with E-state index in [4.69, 9.17) is 10.6 Å². The van der Waals surface area contributed by atoms with Gasteiger partial charge in [-0.05, 0) is 54.7 Å². The van der Waals surface area contributed by atoms with E-state index in [2.05, 4.69) is 43.5 Å². The molecule has 0 heterocycles. The summed E-state index contributed by atoms with van der Waals surface area (Å²) >= 11 is 0. The van der Waals surface area contributed by atoms with E-state index < -0.39 is 0 Å². The Labute approximate surface area is 128 Å². The molecule has 3 nitrogen and oxygen atoms in total. The largest absolute Gasteiger partial charge is 0.490 e. The predicted octanol–water partition coefficient (Wildman–Crippen LogP) is 3.95. The summed E-state index contributed by atoms with van der Waals surface area (Å²) in [6.07, 6.45) is 8.05. The summed E-state index contributed by atoms with van der Waals surface area (Å²) in [5, 5.41) is 0. The lowest BCUT2D eigenvalue weighted by atomic mass is 9.65. The fourth-order valence-corrected chi connectivity index (χ4v) is 3.72. The number of benzene rings is 1. The molecule has 0 bridgehead atoms. The zero-order valence-corrected chi connectivity index (χ0v) is 13.3. The molecule has 21 heavy (non-hydrogen) atoms. The summed E-state index contributed by atoms with van der Waals surface area (Å²) in [5.41, 5.74) is 4.70. The monoisotopic (exact) mass is 288 g/mol. The first kappa shape index (κ1) is 14.9. The van der Waals surface area contributed by atoms with Crippen LogP contribution in [0.1, 0.15) is 64.0 Å². The molecule has 1 aromatic rings. The molecule has 0 aromatic heterocycles.